The topological polar surface area (TPSA) is 40.5 Å². The molecule has 2 rings (SSSR count). The molecule has 1 unspecified atom stereocenters. The molecule has 1 aliphatic heterocycles. The molecule has 0 radical (unpaired) electrons. The van der Waals surface area contributed by atoms with Crippen LogP contribution in [0.4, 0.5) is 0 Å². The van der Waals surface area contributed by atoms with Crippen molar-refractivity contribution in [1.82, 2.24) is 4.90 Å². The highest BCUT2D eigenvalue weighted by atomic mass is 35.5. The van der Waals surface area contributed by atoms with E-state index < -0.39 is 0 Å². The fourth-order valence-corrected chi connectivity index (χ4v) is 2.73. The predicted octanol–water partition coefficient (Wildman–Crippen LogP) is 3.23. The summed E-state index contributed by atoms with van der Waals surface area (Å²) in [5.74, 6) is -0.0864. The first-order valence-electron chi connectivity index (χ1n) is 6.25. The van der Waals surface area contributed by atoms with Gasteiger partial charge < -0.3 is 5.11 Å². The summed E-state index contributed by atoms with van der Waals surface area (Å²) < 4.78 is 0. The normalized spacial score (nSPS) is 20.3. The molecule has 1 aromatic rings. The van der Waals surface area contributed by atoms with E-state index in [0.717, 1.165) is 12.1 Å². The number of benzene rings is 1. The minimum Gasteiger partial charge on any atom is -0.507 e. The summed E-state index contributed by atoms with van der Waals surface area (Å²) in [7, 11) is 0. The van der Waals surface area contributed by atoms with Gasteiger partial charge in [0.05, 0.1) is 5.56 Å². The third-order valence-corrected chi connectivity index (χ3v) is 3.82. The number of rotatable bonds is 3. The first-order chi connectivity index (χ1) is 8.49. The lowest BCUT2D eigenvalue weighted by atomic mass is 10.1. The zero-order valence-corrected chi connectivity index (χ0v) is 11.5. The van der Waals surface area contributed by atoms with Gasteiger partial charge in [-0.25, -0.2) is 0 Å². The van der Waals surface area contributed by atoms with Gasteiger partial charge in [-0.1, -0.05) is 11.6 Å². The van der Waals surface area contributed by atoms with Crippen LogP contribution in [0.25, 0.3) is 0 Å². The molecule has 1 saturated heterocycles. The van der Waals surface area contributed by atoms with Gasteiger partial charge in [-0.05, 0) is 45.4 Å². The van der Waals surface area contributed by atoms with Crippen molar-refractivity contribution in [3.8, 4) is 5.75 Å². The van der Waals surface area contributed by atoms with Crippen LogP contribution in [0.3, 0.4) is 0 Å². The Labute approximate surface area is 112 Å². The minimum atomic E-state index is -0.161. The van der Waals surface area contributed by atoms with Gasteiger partial charge in [0, 0.05) is 23.2 Å². The Kier molecular flexibility index (Phi) is 3.93. The molecule has 1 N–H and O–H groups in total. The van der Waals surface area contributed by atoms with Crippen LogP contribution >= 0.6 is 11.6 Å². The van der Waals surface area contributed by atoms with Gasteiger partial charge in [0.2, 0.25) is 0 Å². The first-order valence-corrected chi connectivity index (χ1v) is 6.63. The smallest absolute Gasteiger partial charge is 0.163 e. The molecule has 0 bridgehead atoms. The average Bonchev–Trinajstić information content (AvgIpc) is 2.69. The lowest BCUT2D eigenvalue weighted by molar-refractivity contribution is 0.101. The number of ketones is 1. The van der Waals surface area contributed by atoms with E-state index in [1.54, 1.807) is 6.07 Å². The van der Waals surface area contributed by atoms with Crippen LogP contribution in [-0.4, -0.2) is 28.4 Å². The van der Waals surface area contributed by atoms with Crippen LogP contribution in [0.15, 0.2) is 12.1 Å². The van der Waals surface area contributed by atoms with E-state index in [0.29, 0.717) is 23.2 Å². The summed E-state index contributed by atoms with van der Waals surface area (Å²) in [5.41, 5.74) is 1.05. The number of phenolic OH excluding ortho intramolecular Hbond substituents is 1. The maximum Gasteiger partial charge on any atom is 0.163 e. The van der Waals surface area contributed by atoms with E-state index in [4.69, 9.17) is 11.6 Å². The first kappa shape index (κ1) is 13.4. The Balaban J connectivity index is 2.29. The van der Waals surface area contributed by atoms with Gasteiger partial charge >= 0.3 is 0 Å². The molecule has 1 heterocycles. The molecule has 3 nitrogen and oxygen atoms in total. The standard InChI is InChI=1S/C14H18ClNO2/c1-9-4-3-5-16(9)8-11-6-12(15)7-13(10(2)17)14(11)18/h6-7,9,18H,3-5,8H2,1-2H3. The molecule has 0 spiro atoms. The summed E-state index contributed by atoms with van der Waals surface area (Å²) >= 11 is 6.01. The SMILES string of the molecule is CC(=O)c1cc(Cl)cc(CN2CCCC2C)c1O. The number of phenols is 1. The highest BCUT2D eigenvalue weighted by Crippen LogP contribution is 2.30. The molecule has 0 aliphatic carbocycles. The molecular formula is C14H18ClNO2. The van der Waals surface area contributed by atoms with Gasteiger partial charge in [0.15, 0.2) is 5.78 Å². The molecule has 1 fully saturated rings. The van der Waals surface area contributed by atoms with Crippen LogP contribution in [0, 0.1) is 0 Å². The number of Topliss-reactive ketones (excluding diaryl/α,β-unsaturated/α-hetero) is 1. The highest BCUT2D eigenvalue weighted by molar-refractivity contribution is 6.31. The second-order valence-corrected chi connectivity index (χ2v) is 5.42. The van der Waals surface area contributed by atoms with Gasteiger partial charge in [-0.3, -0.25) is 9.69 Å². The van der Waals surface area contributed by atoms with Gasteiger partial charge in [0.25, 0.3) is 0 Å². The molecule has 1 atom stereocenters. The molecule has 0 saturated carbocycles. The molecule has 4 heteroatoms. The second kappa shape index (κ2) is 5.29. The second-order valence-electron chi connectivity index (χ2n) is 4.98. The van der Waals surface area contributed by atoms with E-state index in [1.807, 2.05) is 0 Å². The van der Waals surface area contributed by atoms with Crippen LogP contribution in [0.2, 0.25) is 5.02 Å². The quantitative estimate of drug-likeness (QED) is 0.855. The molecule has 1 aliphatic rings. The molecular weight excluding hydrogens is 250 g/mol. The van der Waals surface area contributed by atoms with Crippen LogP contribution in [0.1, 0.15) is 42.6 Å². The largest absolute Gasteiger partial charge is 0.507 e. The highest BCUT2D eigenvalue weighted by Gasteiger charge is 2.22. The maximum atomic E-state index is 11.4. The molecule has 0 amide bonds. The third-order valence-electron chi connectivity index (χ3n) is 3.60. The maximum absolute atomic E-state index is 11.4. The number of hydrogen-bond donors (Lipinski definition) is 1. The number of likely N-dealkylation sites (tertiary alicyclic amines) is 1. The lowest BCUT2D eigenvalue weighted by Crippen LogP contribution is -2.26. The van der Waals surface area contributed by atoms with E-state index in [2.05, 4.69) is 11.8 Å². The number of hydrogen-bond acceptors (Lipinski definition) is 3. The van der Waals surface area contributed by atoms with Crippen molar-refractivity contribution in [2.24, 2.45) is 0 Å². The molecule has 0 aromatic heterocycles. The summed E-state index contributed by atoms with van der Waals surface area (Å²) in [6, 6.07) is 3.79. The van der Waals surface area contributed by atoms with Crippen LogP contribution in [-0.2, 0) is 6.54 Å². The number of carbonyl (C=O) groups excluding carboxylic acids is 1. The summed E-state index contributed by atoms with van der Waals surface area (Å²) in [4.78, 5) is 13.7. The number of nitrogens with zero attached hydrogens (tertiary/aromatic N) is 1. The Morgan fingerprint density at radius 2 is 2.28 bits per heavy atom. The van der Waals surface area contributed by atoms with Crippen molar-refractivity contribution >= 4 is 17.4 Å². The zero-order chi connectivity index (χ0) is 13.3. The lowest BCUT2D eigenvalue weighted by Gasteiger charge is -2.22. The van der Waals surface area contributed by atoms with Crippen molar-refractivity contribution in [3.05, 3.63) is 28.3 Å². The number of halogens is 1. The summed E-state index contributed by atoms with van der Waals surface area (Å²) in [6.07, 6.45) is 2.36. The Bertz CT molecular complexity index is 473. The zero-order valence-electron chi connectivity index (χ0n) is 10.7. The Morgan fingerprint density at radius 1 is 1.56 bits per heavy atom. The summed E-state index contributed by atoms with van der Waals surface area (Å²) in [5, 5.41) is 10.6. The summed E-state index contributed by atoms with van der Waals surface area (Å²) in [6.45, 7) is 5.30. The van der Waals surface area contributed by atoms with Crippen molar-refractivity contribution in [1.29, 1.82) is 0 Å². The van der Waals surface area contributed by atoms with Crippen LogP contribution in [0.5, 0.6) is 5.75 Å². The van der Waals surface area contributed by atoms with Crippen molar-refractivity contribution in [2.45, 2.75) is 39.3 Å². The van der Waals surface area contributed by atoms with Gasteiger partial charge in [0.1, 0.15) is 5.75 Å². The van der Waals surface area contributed by atoms with E-state index >= 15 is 0 Å². The van der Waals surface area contributed by atoms with E-state index in [-0.39, 0.29) is 11.5 Å². The van der Waals surface area contributed by atoms with Crippen molar-refractivity contribution in [3.63, 3.8) is 0 Å². The minimum absolute atomic E-state index is 0.0750. The third kappa shape index (κ3) is 2.68. The molecule has 98 valence electrons. The predicted molar refractivity (Wildman–Crippen MR) is 72.2 cm³/mol. The Morgan fingerprint density at radius 3 is 2.83 bits per heavy atom. The van der Waals surface area contributed by atoms with Crippen molar-refractivity contribution < 1.29 is 9.90 Å². The molecule has 1 aromatic carbocycles. The van der Waals surface area contributed by atoms with E-state index in [1.165, 1.54) is 25.8 Å². The van der Waals surface area contributed by atoms with E-state index in [9.17, 15) is 9.90 Å². The fraction of sp³-hybridized carbons (Fsp3) is 0.500. The van der Waals surface area contributed by atoms with Crippen molar-refractivity contribution in [2.75, 3.05) is 6.54 Å². The van der Waals surface area contributed by atoms with Gasteiger partial charge in [-0.15, -0.1) is 0 Å². The average molecular weight is 268 g/mol. The van der Waals surface area contributed by atoms with Gasteiger partial charge in [-0.2, -0.15) is 0 Å². The van der Waals surface area contributed by atoms with Crippen LogP contribution < -0.4 is 0 Å². The number of carbonyl (C=O) groups is 1. The Hall–Kier alpha value is -1.06. The number of aromatic hydroxyl groups is 1. The fourth-order valence-electron chi connectivity index (χ4n) is 2.49. The molecule has 18 heavy (non-hydrogen) atoms. The monoisotopic (exact) mass is 267 g/mol.